The van der Waals surface area contributed by atoms with Crippen LogP contribution in [0.5, 0.6) is 11.5 Å². The van der Waals surface area contributed by atoms with Crippen LogP contribution >= 0.6 is 0 Å². The summed E-state index contributed by atoms with van der Waals surface area (Å²) in [5, 5.41) is 9.99. The number of aryl methyl sites for hydroxylation is 1. The molecule has 0 atom stereocenters. The molecule has 1 aliphatic rings. The van der Waals surface area contributed by atoms with Crippen molar-refractivity contribution in [3.05, 3.63) is 58.6 Å². The lowest BCUT2D eigenvalue weighted by atomic mass is 10.1. The van der Waals surface area contributed by atoms with Gasteiger partial charge in [-0.05, 0) is 61.2 Å². The first-order valence-corrected chi connectivity index (χ1v) is 9.68. The standard InChI is InChI=1S/C22H25N3O3/c1-3-15-12-16(6-8-20(15)26)19-14-23-22(27)25(19)17-7-9-21(28-2)18(13-17)24-10-4-5-11-24/h6-9,12-14,26H,3-5,10-11H2,1-2H3,(H,23,27). The first-order chi connectivity index (χ1) is 13.6. The van der Waals surface area contributed by atoms with Crippen molar-refractivity contribution < 1.29 is 9.84 Å². The van der Waals surface area contributed by atoms with Gasteiger partial charge in [-0.3, -0.25) is 4.57 Å². The molecule has 0 radical (unpaired) electrons. The van der Waals surface area contributed by atoms with Crippen LogP contribution in [0.3, 0.4) is 0 Å². The van der Waals surface area contributed by atoms with Crippen molar-refractivity contribution in [2.45, 2.75) is 26.2 Å². The highest BCUT2D eigenvalue weighted by Crippen LogP contribution is 2.34. The molecule has 0 unspecified atom stereocenters. The Labute approximate surface area is 164 Å². The number of benzene rings is 2. The highest BCUT2D eigenvalue weighted by Gasteiger charge is 2.19. The minimum Gasteiger partial charge on any atom is -0.508 e. The van der Waals surface area contributed by atoms with Gasteiger partial charge in [0.1, 0.15) is 11.5 Å². The number of rotatable bonds is 5. The lowest BCUT2D eigenvalue weighted by molar-refractivity contribution is 0.415. The van der Waals surface area contributed by atoms with Crippen molar-refractivity contribution in [1.82, 2.24) is 9.55 Å². The van der Waals surface area contributed by atoms with Gasteiger partial charge in [-0.2, -0.15) is 0 Å². The Kier molecular flexibility index (Phi) is 4.86. The van der Waals surface area contributed by atoms with Crippen LogP contribution in [0.2, 0.25) is 0 Å². The van der Waals surface area contributed by atoms with Gasteiger partial charge in [-0.1, -0.05) is 6.92 Å². The monoisotopic (exact) mass is 379 g/mol. The van der Waals surface area contributed by atoms with E-state index in [-0.39, 0.29) is 11.4 Å². The molecule has 28 heavy (non-hydrogen) atoms. The molecule has 0 bridgehead atoms. The van der Waals surface area contributed by atoms with Crippen LogP contribution in [0, 0.1) is 0 Å². The van der Waals surface area contributed by atoms with Crippen molar-refractivity contribution in [1.29, 1.82) is 0 Å². The second-order valence-electron chi connectivity index (χ2n) is 7.06. The number of hydrogen-bond donors (Lipinski definition) is 2. The fourth-order valence-electron chi connectivity index (χ4n) is 3.89. The van der Waals surface area contributed by atoms with Crippen molar-refractivity contribution in [2.75, 3.05) is 25.1 Å². The average molecular weight is 379 g/mol. The van der Waals surface area contributed by atoms with E-state index >= 15 is 0 Å². The zero-order valence-electron chi connectivity index (χ0n) is 16.2. The van der Waals surface area contributed by atoms with Crippen LogP contribution in [-0.4, -0.2) is 34.9 Å². The van der Waals surface area contributed by atoms with Crippen molar-refractivity contribution in [2.24, 2.45) is 0 Å². The molecule has 146 valence electrons. The van der Waals surface area contributed by atoms with Crippen LogP contribution in [-0.2, 0) is 6.42 Å². The van der Waals surface area contributed by atoms with Crippen LogP contribution in [0.15, 0.2) is 47.4 Å². The predicted octanol–water partition coefficient (Wildman–Crippen LogP) is 3.71. The van der Waals surface area contributed by atoms with Gasteiger partial charge in [-0.15, -0.1) is 0 Å². The molecule has 1 saturated heterocycles. The highest BCUT2D eigenvalue weighted by molar-refractivity contribution is 5.68. The third-order valence-electron chi connectivity index (χ3n) is 5.40. The Bertz CT molecular complexity index is 1050. The number of anilines is 1. The molecular weight excluding hydrogens is 354 g/mol. The van der Waals surface area contributed by atoms with E-state index in [1.54, 1.807) is 23.9 Å². The SMILES string of the molecule is CCc1cc(-c2c[nH]c(=O)n2-c2ccc(OC)c(N3CCCC3)c2)ccc1O. The quantitative estimate of drug-likeness (QED) is 0.709. The minimum atomic E-state index is -0.196. The summed E-state index contributed by atoms with van der Waals surface area (Å²) in [6, 6.07) is 11.3. The van der Waals surface area contributed by atoms with Crippen LogP contribution in [0.25, 0.3) is 16.9 Å². The number of phenolic OH excluding ortho intramolecular Hbond substituents is 1. The summed E-state index contributed by atoms with van der Waals surface area (Å²) in [5.41, 5.74) is 4.10. The maximum Gasteiger partial charge on any atom is 0.330 e. The van der Waals surface area contributed by atoms with Gasteiger partial charge in [0.25, 0.3) is 0 Å². The number of nitrogens with zero attached hydrogens (tertiary/aromatic N) is 2. The van der Waals surface area contributed by atoms with Gasteiger partial charge < -0.3 is 19.7 Å². The molecule has 0 saturated carbocycles. The zero-order chi connectivity index (χ0) is 19.7. The Morgan fingerprint density at radius 3 is 2.64 bits per heavy atom. The molecule has 0 amide bonds. The summed E-state index contributed by atoms with van der Waals surface area (Å²) in [7, 11) is 1.67. The summed E-state index contributed by atoms with van der Waals surface area (Å²) < 4.78 is 7.23. The van der Waals surface area contributed by atoms with Gasteiger partial charge in [0.15, 0.2) is 0 Å². The molecule has 6 heteroatoms. The maximum absolute atomic E-state index is 12.6. The van der Waals surface area contributed by atoms with Gasteiger partial charge in [-0.25, -0.2) is 4.79 Å². The highest BCUT2D eigenvalue weighted by atomic mass is 16.5. The van der Waals surface area contributed by atoms with E-state index in [0.29, 0.717) is 0 Å². The van der Waals surface area contributed by atoms with E-state index in [9.17, 15) is 9.90 Å². The number of hydrogen-bond acceptors (Lipinski definition) is 4. The van der Waals surface area contributed by atoms with Gasteiger partial charge >= 0.3 is 5.69 Å². The van der Waals surface area contributed by atoms with E-state index < -0.39 is 0 Å². The lowest BCUT2D eigenvalue weighted by Crippen LogP contribution is -2.20. The third kappa shape index (κ3) is 3.15. The molecule has 2 N–H and O–H groups in total. The number of methoxy groups -OCH3 is 1. The van der Waals surface area contributed by atoms with E-state index in [4.69, 9.17) is 4.74 Å². The number of aromatic nitrogens is 2. The van der Waals surface area contributed by atoms with Crippen molar-refractivity contribution in [3.8, 4) is 28.4 Å². The summed E-state index contributed by atoms with van der Waals surface area (Å²) in [6.07, 6.45) is 4.76. The molecular formula is C22H25N3O3. The summed E-state index contributed by atoms with van der Waals surface area (Å²) in [6.45, 7) is 3.98. The van der Waals surface area contributed by atoms with Crippen molar-refractivity contribution >= 4 is 5.69 Å². The first kappa shape index (κ1) is 18.2. The third-order valence-corrected chi connectivity index (χ3v) is 5.40. The number of aromatic hydroxyl groups is 1. The second-order valence-corrected chi connectivity index (χ2v) is 7.06. The van der Waals surface area contributed by atoms with E-state index in [2.05, 4.69) is 9.88 Å². The van der Waals surface area contributed by atoms with Crippen LogP contribution < -0.4 is 15.3 Å². The lowest BCUT2D eigenvalue weighted by Gasteiger charge is -2.22. The van der Waals surface area contributed by atoms with Gasteiger partial charge in [0, 0.05) is 24.8 Å². The van der Waals surface area contributed by atoms with E-state index in [0.717, 1.165) is 66.3 Å². The first-order valence-electron chi connectivity index (χ1n) is 9.68. The summed E-state index contributed by atoms with van der Waals surface area (Å²) in [4.78, 5) is 17.7. The summed E-state index contributed by atoms with van der Waals surface area (Å²) in [5.74, 6) is 1.09. The maximum atomic E-state index is 12.6. The molecule has 0 aliphatic carbocycles. The normalized spacial score (nSPS) is 13.9. The molecule has 2 heterocycles. The topological polar surface area (TPSA) is 70.5 Å². The summed E-state index contributed by atoms with van der Waals surface area (Å²) >= 11 is 0. The molecule has 1 aromatic heterocycles. The predicted molar refractivity (Wildman–Crippen MR) is 111 cm³/mol. The Morgan fingerprint density at radius 1 is 1.14 bits per heavy atom. The van der Waals surface area contributed by atoms with Crippen molar-refractivity contribution in [3.63, 3.8) is 0 Å². The molecule has 6 nitrogen and oxygen atoms in total. The number of nitrogens with one attached hydrogen (secondary N) is 1. The molecule has 4 rings (SSSR count). The fourth-order valence-corrected chi connectivity index (χ4v) is 3.89. The Hall–Kier alpha value is -3.15. The van der Waals surface area contributed by atoms with Crippen LogP contribution in [0.4, 0.5) is 5.69 Å². The van der Waals surface area contributed by atoms with Gasteiger partial charge in [0.2, 0.25) is 0 Å². The Balaban J connectivity index is 1.84. The second kappa shape index (κ2) is 7.46. The van der Waals surface area contributed by atoms with Gasteiger partial charge in [0.05, 0.1) is 24.2 Å². The van der Waals surface area contributed by atoms with E-state index in [1.165, 1.54) is 0 Å². The van der Waals surface area contributed by atoms with Crippen LogP contribution in [0.1, 0.15) is 25.3 Å². The number of H-pyrrole nitrogens is 1. The Morgan fingerprint density at radius 2 is 1.93 bits per heavy atom. The number of aromatic amines is 1. The number of phenols is 1. The molecule has 1 fully saturated rings. The minimum absolute atomic E-state index is 0.196. The average Bonchev–Trinajstić information content (AvgIpc) is 3.38. The number of imidazole rings is 1. The van der Waals surface area contributed by atoms with E-state index in [1.807, 2.05) is 37.3 Å². The fraction of sp³-hybridized carbons (Fsp3) is 0.318. The smallest absolute Gasteiger partial charge is 0.330 e. The zero-order valence-corrected chi connectivity index (χ0v) is 16.2. The molecule has 2 aromatic carbocycles. The molecule has 3 aromatic rings. The largest absolute Gasteiger partial charge is 0.508 e. The molecule has 0 spiro atoms. The molecule has 1 aliphatic heterocycles. The number of ether oxygens (including phenoxy) is 1.